The summed E-state index contributed by atoms with van der Waals surface area (Å²) in [6, 6.07) is 0. The average Bonchev–Trinajstić information content (AvgIpc) is 2.30. The Morgan fingerprint density at radius 3 is 3.00 bits per heavy atom. The number of nitrogens with zero attached hydrogens (tertiary/aromatic N) is 1. The first-order chi connectivity index (χ1) is 7.84. The molecule has 2 N–H and O–H groups in total. The van der Waals surface area contributed by atoms with Gasteiger partial charge in [0.25, 0.3) is 0 Å². The van der Waals surface area contributed by atoms with Crippen molar-refractivity contribution in [1.82, 2.24) is 4.90 Å². The predicted octanol–water partition coefficient (Wildman–Crippen LogP) is 0.506. The molecule has 1 fully saturated rings. The maximum absolute atomic E-state index is 5.77. The standard InChI is InChI=1S/C12H20N2O2/c13-11-2-1-3-12(10-11)16-9-6-14-4-7-15-8-5-14/h1-2,10,12H,3-9,13H2. The fourth-order valence-corrected chi connectivity index (χ4v) is 1.95. The zero-order chi connectivity index (χ0) is 11.2. The van der Waals surface area contributed by atoms with Gasteiger partial charge in [0.2, 0.25) is 0 Å². The van der Waals surface area contributed by atoms with Crippen molar-refractivity contribution in [3.8, 4) is 0 Å². The summed E-state index contributed by atoms with van der Waals surface area (Å²) in [5, 5.41) is 0. The quantitative estimate of drug-likeness (QED) is 0.755. The van der Waals surface area contributed by atoms with Gasteiger partial charge in [-0.05, 0) is 18.6 Å². The van der Waals surface area contributed by atoms with Crippen LogP contribution >= 0.6 is 0 Å². The lowest BCUT2D eigenvalue weighted by molar-refractivity contribution is 0.0116. The summed E-state index contributed by atoms with van der Waals surface area (Å²) < 4.78 is 11.1. The monoisotopic (exact) mass is 224 g/mol. The highest BCUT2D eigenvalue weighted by atomic mass is 16.5. The predicted molar refractivity (Wildman–Crippen MR) is 63.0 cm³/mol. The maximum atomic E-state index is 5.77. The summed E-state index contributed by atoms with van der Waals surface area (Å²) in [7, 11) is 0. The molecule has 0 saturated carbocycles. The van der Waals surface area contributed by atoms with Gasteiger partial charge in [-0.15, -0.1) is 0 Å². The average molecular weight is 224 g/mol. The van der Waals surface area contributed by atoms with Gasteiger partial charge in [-0.25, -0.2) is 0 Å². The van der Waals surface area contributed by atoms with Crippen molar-refractivity contribution in [3.63, 3.8) is 0 Å². The number of hydrogen-bond donors (Lipinski definition) is 1. The Hall–Kier alpha value is -0.840. The first kappa shape index (κ1) is 11.6. The van der Waals surface area contributed by atoms with Crippen LogP contribution in [0.5, 0.6) is 0 Å². The smallest absolute Gasteiger partial charge is 0.0813 e. The normalized spacial score (nSPS) is 26.8. The molecule has 2 rings (SSSR count). The minimum atomic E-state index is 0.158. The molecule has 0 aromatic carbocycles. The minimum Gasteiger partial charge on any atom is -0.399 e. The van der Waals surface area contributed by atoms with Crippen LogP contribution in [-0.2, 0) is 9.47 Å². The Bertz CT molecular complexity index is 270. The second kappa shape index (κ2) is 6.03. The van der Waals surface area contributed by atoms with Crippen LogP contribution < -0.4 is 5.73 Å². The van der Waals surface area contributed by atoms with Gasteiger partial charge in [0.1, 0.15) is 0 Å². The van der Waals surface area contributed by atoms with Crippen molar-refractivity contribution in [2.24, 2.45) is 5.73 Å². The number of ether oxygens (including phenoxy) is 2. The van der Waals surface area contributed by atoms with Crippen LogP contribution in [0.1, 0.15) is 6.42 Å². The largest absolute Gasteiger partial charge is 0.399 e. The lowest BCUT2D eigenvalue weighted by Gasteiger charge is -2.27. The molecule has 0 aromatic rings. The van der Waals surface area contributed by atoms with Gasteiger partial charge in [0.15, 0.2) is 0 Å². The summed E-state index contributed by atoms with van der Waals surface area (Å²) in [6.45, 7) is 5.48. The third-order valence-corrected chi connectivity index (χ3v) is 2.90. The molecule has 0 spiro atoms. The number of nitrogens with two attached hydrogens (primary N) is 1. The van der Waals surface area contributed by atoms with Crippen LogP contribution in [0.25, 0.3) is 0 Å². The van der Waals surface area contributed by atoms with Crippen LogP contribution in [0.4, 0.5) is 0 Å². The SMILES string of the molecule is NC1=CC(OCCN2CCOCC2)CC=C1. The van der Waals surface area contributed by atoms with E-state index in [0.29, 0.717) is 0 Å². The van der Waals surface area contributed by atoms with Crippen molar-refractivity contribution in [1.29, 1.82) is 0 Å². The third kappa shape index (κ3) is 3.63. The molecule has 1 saturated heterocycles. The summed E-state index contributed by atoms with van der Waals surface area (Å²) in [6.07, 6.45) is 7.07. The van der Waals surface area contributed by atoms with Crippen molar-refractivity contribution in [3.05, 3.63) is 23.9 Å². The molecule has 2 aliphatic rings. The van der Waals surface area contributed by atoms with E-state index in [1.54, 1.807) is 0 Å². The van der Waals surface area contributed by atoms with Gasteiger partial charge in [0, 0.05) is 25.3 Å². The van der Waals surface area contributed by atoms with Crippen LogP contribution in [-0.4, -0.2) is 50.5 Å². The highest BCUT2D eigenvalue weighted by Crippen LogP contribution is 2.10. The molecule has 4 heteroatoms. The first-order valence-electron chi connectivity index (χ1n) is 5.90. The lowest BCUT2D eigenvalue weighted by Crippen LogP contribution is -2.38. The Labute approximate surface area is 96.7 Å². The Morgan fingerprint density at radius 1 is 1.44 bits per heavy atom. The van der Waals surface area contributed by atoms with Gasteiger partial charge in [-0.1, -0.05) is 6.08 Å². The molecule has 0 amide bonds. The van der Waals surface area contributed by atoms with Crippen molar-refractivity contribution >= 4 is 0 Å². The van der Waals surface area contributed by atoms with E-state index in [1.807, 2.05) is 12.2 Å². The Kier molecular flexibility index (Phi) is 4.39. The fourth-order valence-electron chi connectivity index (χ4n) is 1.95. The molecular weight excluding hydrogens is 204 g/mol. The van der Waals surface area contributed by atoms with Crippen LogP contribution in [0.3, 0.4) is 0 Å². The first-order valence-corrected chi connectivity index (χ1v) is 5.90. The molecule has 16 heavy (non-hydrogen) atoms. The zero-order valence-corrected chi connectivity index (χ0v) is 9.60. The van der Waals surface area contributed by atoms with Gasteiger partial charge < -0.3 is 15.2 Å². The summed E-state index contributed by atoms with van der Waals surface area (Å²) in [5.41, 5.74) is 6.52. The number of rotatable bonds is 4. The van der Waals surface area contributed by atoms with E-state index in [2.05, 4.69) is 11.0 Å². The van der Waals surface area contributed by atoms with Crippen LogP contribution in [0.2, 0.25) is 0 Å². The van der Waals surface area contributed by atoms with E-state index in [1.165, 1.54) is 0 Å². The van der Waals surface area contributed by atoms with Crippen molar-refractivity contribution in [2.45, 2.75) is 12.5 Å². The van der Waals surface area contributed by atoms with Crippen LogP contribution in [0.15, 0.2) is 23.9 Å². The van der Waals surface area contributed by atoms with Gasteiger partial charge >= 0.3 is 0 Å². The van der Waals surface area contributed by atoms with E-state index in [9.17, 15) is 0 Å². The van der Waals surface area contributed by atoms with Crippen molar-refractivity contribution < 1.29 is 9.47 Å². The maximum Gasteiger partial charge on any atom is 0.0813 e. The molecule has 1 atom stereocenters. The Balaban J connectivity index is 1.62. The van der Waals surface area contributed by atoms with E-state index in [-0.39, 0.29) is 6.10 Å². The van der Waals surface area contributed by atoms with E-state index < -0.39 is 0 Å². The van der Waals surface area contributed by atoms with Gasteiger partial charge in [-0.3, -0.25) is 4.90 Å². The van der Waals surface area contributed by atoms with E-state index in [0.717, 1.165) is 51.6 Å². The van der Waals surface area contributed by atoms with Gasteiger partial charge in [-0.2, -0.15) is 0 Å². The molecule has 0 radical (unpaired) electrons. The molecule has 1 aliphatic carbocycles. The highest BCUT2D eigenvalue weighted by Gasteiger charge is 2.12. The summed E-state index contributed by atoms with van der Waals surface area (Å²) in [5.74, 6) is 0. The summed E-state index contributed by atoms with van der Waals surface area (Å²) >= 11 is 0. The molecule has 4 nitrogen and oxygen atoms in total. The van der Waals surface area contributed by atoms with E-state index in [4.69, 9.17) is 15.2 Å². The van der Waals surface area contributed by atoms with Gasteiger partial charge in [0.05, 0.1) is 25.9 Å². The molecular formula is C12H20N2O2. The zero-order valence-electron chi connectivity index (χ0n) is 9.60. The molecule has 0 bridgehead atoms. The number of allylic oxidation sites excluding steroid dienone is 1. The molecule has 1 unspecified atom stereocenters. The molecule has 0 aromatic heterocycles. The van der Waals surface area contributed by atoms with Crippen LogP contribution in [0, 0.1) is 0 Å². The van der Waals surface area contributed by atoms with E-state index >= 15 is 0 Å². The Morgan fingerprint density at radius 2 is 2.25 bits per heavy atom. The lowest BCUT2D eigenvalue weighted by atomic mass is 10.1. The molecule has 90 valence electrons. The second-order valence-corrected chi connectivity index (χ2v) is 4.17. The minimum absolute atomic E-state index is 0.158. The third-order valence-electron chi connectivity index (χ3n) is 2.90. The summed E-state index contributed by atoms with van der Waals surface area (Å²) in [4.78, 5) is 2.37. The number of hydrogen-bond acceptors (Lipinski definition) is 4. The topological polar surface area (TPSA) is 47.7 Å². The fraction of sp³-hybridized carbons (Fsp3) is 0.667. The highest BCUT2D eigenvalue weighted by molar-refractivity contribution is 5.21. The second-order valence-electron chi connectivity index (χ2n) is 4.17. The number of morpholine rings is 1. The van der Waals surface area contributed by atoms with Crippen molar-refractivity contribution in [2.75, 3.05) is 39.5 Å². The molecule has 1 aliphatic heterocycles. The molecule has 1 heterocycles.